The molecule has 0 atom stereocenters. The molecule has 4 heteroatoms. The van der Waals surface area contributed by atoms with Gasteiger partial charge in [0.25, 0.3) is 0 Å². The summed E-state index contributed by atoms with van der Waals surface area (Å²) in [6.07, 6.45) is 0.804. The van der Waals surface area contributed by atoms with Crippen LogP contribution in [-0.4, -0.2) is 6.29 Å². The molecule has 2 rings (SSSR count). The van der Waals surface area contributed by atoms with Crippen molar-refractivity contribution in [1.29, 1.82) is 5.26 Å². The van der Waals surface area contributed by atoms with E-state index in [1.807, 2.05) is 6.07 Å². The Balaban J connectivity index is 2.89. The number of carbonyl (C=O) groups excluding carboxylic acids is 1. The van der Waals surface area contributed by atoms with Gasteiger partial charge in [-0.1, -0.05) is 0 Å². The fourth-order valence-electron chi connectivity index (χ4n) is 1.27. The Bertz CT molecular complexity index is 553. The van der Waals surface area contributed by atoms with Crippen molar-refractivity contribution >= 4 is 43.6 Å². The maximum Gasteiger partial charge on any atom is 0.160 e. The van der Waals surface area contributed by atoms with Crippen LogP contribution in [0.1, 0.15) is 15.2 Å². The smallest absolute Gasteiger partial charge is 0.160 e. The lowest BCUT2D eigenvalue weighted by Crippen LogP contribution is -1.74. The normalized spacial score (nSPS) is 10.0. The Hall–Kier alpha value is -1.18. The lowest BCUT2D eigenvalue weighted by Gasteiger charge is -1.94. The van der Waals surface area contributed by atoms with E-state index in [0.29, 0.717) is 10.4 Å². The van der Waals surface area contributed by atoms with Crippen molar-refractivity contribution in [2.24, 2.45) is 0 Å². The molecule has 0 fully saturated rings. The van der Waals surface area contributed by atoms with E-state index < -0.39 is 0 Å². The molecule has 2 nitrogen and oxygen atoms in total. The van der Waals surface area contributed by atoms with E-state index in [4.69, 9.17) is 5.26 Å². The number of hydrogen-bond donors (Lipinski definition) is 0. The lowest BCUT2D eigenvalue weighted by molar-refractivity contribution is 0.112. The summed E-state index contributed by atoms with van der Waals surface area (Å²) < 4.78 is 1.87. The first-order valence-corrected chi connectivity index (χ1v) is 5.44. The second kappa shape index (κ2) is 3.52. The first kappa shape index (κ1) is 9.38. The van der Waals surface area contributed by atoms with Crippen molar-refractivity contribution in [1.82, 2.24) is 0 Å². The molecule has 0 aliphatic heterocycles. The first-order valence-electron chi connectivity index (χ1n) is 3.83. The number of thiophene rings is 1. The van der Waals surface area contributed by atoms with Gasteiger partial charge in [-0.3, -0.25) is 4.79 Å². The van der Waals surface area contributed by atoms with Gasteiger partial charge in [0, 0.05) is 9.86 Å². The minimum Gasteiger partial charge on any atom is -0.297 e. The van der Waals surface area contributed by atoms with Gasteiger partial charge >= 0.3 is 0 Å². The van der Waals surface area contributed by atoms with Crippen LogP contribution in [-0.2, 0) is 0 Å². The van der Waals surface area contributed by atoms with Crippen molar-refractivity contribution in [3.63, 3.8) is 0 Å². The van der Waals surface area contributed by atoms with Gasteiger partial charge in [0.05, 0.1) is 21.2 Å². The van der Waals surface area contributed by atoms with Crippen LogP contribution in [0, 0.1) is 11.3 Å². The maximum atomic E-state index is 10.6. The largest absolute Gasteiger partial charge is 0.297 e. The molecule has 0 N–H and O–H groups in total. The molecule has 0 aliphatic carbocycles. The molecule has 0 saturated carbocycles. The number of benzene rings is 1. The molecule has 0 saturated heterocycles. The van der Waals surface area contributed by atoms with Gasteiger partial charge in [-0.2, -0.15) is 5.26 Å². The van der Waals surface area contributed by atoms with E-state index in [0.717, 1.165) is 20.8 Å². The number of rotatable bonds is 1. The van der Waals surface area contributed by atoms with Gasteiger partial charge in [0.2, 0.25) is 0 Å². The number of nitriles is 1. The van der Waals surface area contributed by atoms with Crippen molar-refractivity contribution in [3.8, 4) is 6.07 Å². The number of aldehydes is 1. The second-order valence-corrected chi connectivity index (χ2v) is 4.65. The number of carbonyl (C=O) groups is 1. The highest BCUT2D eigenvalue weighted by Gasteiger charge is 2.08. The molecule has 0 radical (unpaired) electrons. The van der Waals surface area contributed by atoms with Crippen molar-refractivity contribution in [2.75, 3.05) is 0 Å². The van der Waals surface area contributed by atoms with E-state index in [1.54, 1.807) is 12.1 Å². The predicted octanol–water partition coefficient (Wildman–Crippen LogP) is 3.35. The number of halogens is 1. The summed E-state index contributed by atoms with van der Waals surface area (Å²) in [5.41, 5.74) is 0.604. The van der Waals surface area contributed by atoms with Gasteiger partial charge in [-0.15, -0.1) is 11.3 Å². The van der Waals surface area contributed by atoms with E-state index in [-0.39, 0.29) is 0 Å². The molecule has 0 bridgehead atoms. The number of hydrogen-bond acceptors (Lipinski definition) is 3. The van der Waals surface area contributed by atoms with Crippen LogP contribution in [0.3, 0.4) is 0 Å². The Morgan fingerprint density at radius 3 is 2.93 bits per heavy atom. The van der Waals surface area contributed by atoms with E-state index in [2.05, 4.69) is 22.0 Å². The maximum absolute atomic E-state index is 10.6. The van der Waals surface area contributed by atoms with E-state index >= 15 is 0 Å². The van der Waals surface area contributed by atoms with Gasteiger partial charge in [-0.05, 0) is 34.1 Å². The highest BCUT2D eigenvalue weighted by Crippen LogP contribution is 2.33. The standard InChI is InChI=1S/C10H4BrNOS/c11-9-2-1-6(4-12)8-3-7(5-13)14-10(8)9/h1-3,5H. The summed E-state index contributed by atoms with van der Waals surface area (Å²) in [6.45, 7) is 0. The topological polar surface area (TPSA) is 40.9 Å². The molecule has 2 aromatic rings. The van der Waals surface area contributed by atoms with Crippen LogP contribution in [0.25, 0.3) is 10.1 Å². The monoisotopic (exact) mass is 265 g/mol. The third-order valence-electron chi connectivity index (χ3n) is 1.89. The fraction of sp³-hybridized carbons (Fsp3) is 0. The average Bonchev–Trinajstić information content (AvgIpc) is 2.63. The zero-order valence-corrected chi connectivity index (χ0v) is 9.35. The zero-order chi connectivity index (χ0) is 10.1. The van der Waals surface area contributed by atoms with Crippen LogP contribution in [0.15, 0.2) is 22.7 Å². The Morgan fingerprint density at radius 2 is 2.29 bits per heavy atom. The predicted molar refractivity (Wildman–Crippen MR) is 59.6 cm³/mol. The van der Waals surface area contributed by atoms with Crippen LogP contribution >= 0.6 is 27.3 Å². The zero-order valence-electron chi connectivity index (χ0n) is 6.95. The third kappa shape index (κ3) is 1.35. The van der Waals surface area contributed by atoms with Crippen LogP contribution in [0.4, 0.5) is 0 Å². The number of nitrogens with zero attached hydrogens (tertiary/aromatic N) is 1. The SMILES string of the molecule is N#Cc1ccc(Br)c2sc(C=O)cc12. The molecule has 0 aliphatic rings. The van der Waals surface area contributed by atoms with Crippen LogP contribution < -0.4 is 0 Å². The fourth-order valence-corrected chi connectivity index (χ4v) is 2.76. The molecule has 0 amide bonds. The van der Waals surface area contributed by atoms with E-state index in [9.17, 15) is 4.79 Å². The first-order chi connectivity index (χ1) is 6.76. The summed E-state index contributed by atoms with van der Waals surface area (Å²) in [5, 5.41) is 9.70. The summed E-state index contributed by atoms with van der Waals surface area (Å²) in [5.74, 6) is 0. The summed E-state index contributed by atoms with van der Waals surface area (Å²) in [6, 6.07) is 7.42. The molecule has 0 spiro atoms. The Labute approximate surface area is 92.9 Å². The summed E-state index contributed by atoms with van der Waals surface area (Å²) >= 11 is 4.78. The molecule has 1 aromatic heterocycles. The quantitative estimate of drug-likeness (QED) is 0.742. The van der Waals surface area contributed by atoms with Crippen LogP contribution in [0.2, 0.25) is 0 Å². The molecular weight excluding hydrogens is 262 g/mol. The minimum absolute atomic E-state index is 0.604. The molecule has 1 aromatic carbocycles. The highest BCUT2D eigenvalue weighted by atomic mass is 79.9. The summed E-state index contributed by atoms with van der Waals surface area (Å²) in [7, 11) is 0. The van der Waals surface area contributed by atoms with Crippen molar-refractivity contribution < 1.29 is 4.79 Å². The van der Waals surface area contributed by atoms with Crippen molar-refractivity contribution in [3.05, 3.63) is 33.1 Å². The molecule has 68 valence electrons. The van der Waals surface area contributed by atoms with Gasteiger partial charge in [0.15, 0.2) is 6.29 Å². The minimum atomic E-state index is 0.604. The average molecular weight is 266 g/mol. The summed E-state index contributed by atoms with van der Waals surface area (Å²) in [4.78, 5) is 11.2. The van der Waals surface area contributed by atoms with Gasteiger partial charge in [-0.25, -0.2) is 0 Å². The highest BCUT2D eigenvalue weighted by molar-refractivity contribution is 9.10. The molecule has 1 heterocycles. The third-order valence-corrected chi connectivity index (χ3v) is 3.91. The second-order valence-electron chi connectivity index (χ2n) is 2.72. The lowest BCUT2D eigenvalue weighted by atomic mass is 10.1. The van der Waals surface area contributed by atoms with Crippen molar-refractivity contribution in [2.45, 2.75) is 0 Å². The van der Waals surface area contributed by atoms with E-state index in [1.165, 1.54) is 11.3 Å². The van der Waals surface area contributed by atoms with Gasteiger partial charge < -0.3 is 0 Å². The molecule has 14 heavy (non-hydrogen) atoms. The van der Waals surface area contributed by atoms with Gasteiger partial charge in [0.1, 0.15) is 0 Å². The van der Waals surface area contributed by atoms with Crippen LogP contribution in [0.5, 0.6) is 0 Å². The molecular formula is C10H4BrNOS. The molecule has 0 unspecified atom stereocenters. The Morgan fingerprint density at radius 1 is 1.50 bits per heavy atom. The Kier molecular flexibility index (Phi) is 2.36. The number of fused-ring (bicyclic) bond motifs is 1.